The number of methoxy groups -OCH3 is 1. The maximum atomic E-state index is 11.8. The van der Waals surface area contributed by atoms with Gasteiger partial charge in [-0.05, 0) is 37.5 Å². The second-order valence-electron chi connectivity index (χ2n) is 16.0. The lowest BCUT2D eigenvalue weighted by Crippen LogP contribution is -2.63. The van der Waals surface area contributed by atoms with Crippen molar-refractivity contribution in [1.82, 2.24) is 0 Å². The van der Waals surface area contributed by atoms with Crippen LogP contribution in [0.1, 0.15) is 75.2 Å². The van der Waals surface area contributed by atoms with Crippen LogP contribution in [0.2, 0.25) is 0 Å². The van der Waals surface area contributed by atoms with Crippen LogP contribution in [0.15, 0.2) is 0 Å². The van der Waals surface area contributed by atoms with Crippen LogP contribution in [0, 0.1) is 35.5 Å². The van der Waals surface area contributed by atoms with Crippen molar-refractivity contribution >= 4 is 44.5 Å². The summed E-state index contributed by atoms with van der Waals surface area (Å²) in [6.07, 6.45) is -12.3. The second-order valence-corrected chi connectivity index (χ2v) is 19.1. The van der Waals surface area contributed by atoms with Gasteiger partial charge in [-0.15, -0.1) is 8.67 Å². The Morgan fingerprint density at radius 2 is 1.05 bits per heavy atom. The Morgan fingerprint density at radius 1 is 0.597 bits per heavy atom. The van der Waals surface area contributed by atoms with E-state index in [1.807, 2.05) is 20.8 Å². The van der Waals surface area contributed by atoms with E-state index < -0.39 is 125 Å². The summed E-state index contributed by atoms with van der Waals surface area (Å²) in [5, 5.41) is 13.7. The summed E-state index contributed by atoms with van der Waals surface area (Å²) in [6, 6.07) is 0. The van der Waals surface area contributed by atoms with Gasteiger partial charge in [0.05, 0.1) is 49.8 Å². The molecule has 0 bridgehead atoms. The van der Waals surface area contributed by atoms with Gasteiger partial charge in [-0.25, -0.2) is 25.9 Å². The first kappa shape index (κ1) is 54.2. The minimum absolute atomic E-state index is 0.0293. The van der Waals surface area contributed by atoms with Gasteiger partial charge in [0.1, 0.15) is 35.8 Å². The summed E-state index contributed by atoms with van der Waals surface area (Å²) < 4.78 is 166. The molecule has 0 aliphatic carbocycles. The quantitative estimate of drug-likeness (QED) is 0.0278. The molecular formula is C34H58O24S4-4. The van der Waals surface area contributed by atoms with Gasteiger partial charge in [-0.1, -0.05) is 55.4 Å². The molecule has 0 radical (unpaired) electrons. The summed E-state index contributed by atoms with van der Waals surface area (Å²) in [6.45, 7) is 15.3. The van der Waals surface area contributed by atoms with Gasteiger partial charge in [-0.3, -0.25) is 17.6 Å². The zero-order valence-corrected chi connectivity index (χ0v) is 39.1. The van der Waals surface area contributed by atoms with Crippen LogP contribution in [-0.4, -0.2) is 141 Å². The zero-order chi connectivity index (χ0) is 46.3. The fourth-order valence-electron chi connectivity index (χ4n) is 8.46. The first-order valence-corrected chi connectivity index (χ1v) is 24.4. The predicted molar refractivity (Wildman–Crippen MR) is 202 cm³/mol. The Bertz CT molecular complexity index is 1610. The Labute approximate surface area is 369 Å². The smallest absolute Gasteiger partial charge is 0.217 e. The molecule has 0 spiro atoms. The highest BCUT2D eigenvalue weighted by molar-refractivity contribution is 7.89. The first-order valence-electron chi connectivity index (χ1n) is 20.1. The standard InChI is InChI=1S/C34H62O24S4/c1-11-22-26(16(4)15(3)21(9)47-22)51-32-18(6)17(5)27(23(12-2)48-32)52-33-30(44-10)19(7)28(24(49-33)13-45-61(38,39)40)53-34-31(54-58-60(36)37)20(8)29(55-59-57-56-35)25(50-34)14-46-62(41,42)43/h15-35H,11-14H2,1-10H3,(H,36,37)(H,38,39,40)(H,41,42,43)/p-4/t15?,16-,17-,18?,19?,20?,21+,22?,23?,24?,25?,26-,27-,28+,29+,30?,31?,32+,33-,34-/m1/s1. The van der Waals surface area contributed by atoms with Crippen LogP contribution in [0.25, 0.3) is 0 Å². The molecule has 0 N–H and O–H groups in total. The van der Waals surface area contributed by atoms with Crippen molar-refractivity contribution in [2.45, 2.75) is 161 Å². The summed E-state index contributed by atoms with van der Waals surface area (Å²) in [5.74, 6) is -2.00. The summed E-state index contributed by atoms with van der Waals surface area (Å²) in [5.41, 5.74) is 0. The minimum Gasteiger partial charge on any atom is -0.748 e. The van der Waals surface area contributed by atoms with E-state index in [0.29, 0.717) is 6.42 Å². The van der Waals surface area contributed by atoms with Crippen molar-refractivity contribution in [2.75, 3.05) is 20.3 Å². The third-order valence-corrected chi connectivity index (χ3v) is 13.8. The van der Waals surface area contributed by atoms with Gasteiger partial charge in [0.15, 0.2) is 37.3 Å². The van der Waals surface area contributed by atoms with Crippen LogP contribution in [0.5, 0.6) is 0 Å². The van der Waals surface area contributed by atoms with E-state index in [9.17, 15) is 40.0 Å². The molecule has 24 nitrogen and oxygen atoms in total. The molecule has 4 aliphatic rings. The lowest BCUT2D eigenvalue weighted by molar-refractivity contribution is -0.777. The van der Waals surface area contributed by atoms with Crippen LogP contribution >= 0.6 is 12.3 Å². The Balaban J connectivity index is 1.62. The van der Waals surface area contributed by atoms with Gasteiger partial charge in [0.2, 0.25) is 20.8 Å². The highest BCUT2D eigenvalue weighted by atomic mass is 32.3. The second kappa shape index (κ2) is 24.1. The molecule has 4 rings (SSSR count). The first-order chi connectivity index (χ1) is 29.0. The zero-order valence-electron chi connectivity index (χ0n) is 35.8. The van der Waals surface area contributed by atoms with Crippen molar-refractivity contribution in [3.8, 4) is 0 Å². The largest absolute Gasteiger partial charge is 0.748 e. The highest BCUT2D eigenvalue weighted by Gasteiger charge is 2.54. The lowest BCUT2D eigenvalue weighted by Gasteiger charge is -2.51. The molecule has 0 aromatic heterocycles. The topological polar surface area (TPSA) is 316 Å². The molecule has 28 heteroatoms. The van der Waals surface area contributed by atoms with Crippen molar-refractivity contribution in [3.05, 3.63) is 0 Å². The lowest BCUT2D eigenvalue weighted by atomic mass is 9.80. The van der Waals surface area contributed by atoms with Crippen molar-refractivity contribution in [2.24, 2.45) is 35.5 Å². The average molecular weight is 979 g/mol. The Kier molecular flexibility index (Phi) is 21.1. The number of hydrogen-bond donors (Lipinski definition) is 0. The van der Waals surface area contributed by atoms with E-state index in [4.69, 9.17) is 47.0 Å². The molecule has 4 heterocycles. The van der Waals surface area contributed by atoms with Crippen LogP contribution in [0.4, 0.5) is 0 Å². The summed E-state index contributed by atoms with van der Waals surface area (Å²) in [4.78, 5) is 5.12. The maximum absolute atomic E-state index is 11.8. The van der Waals surface area contributed by atoms with E-state index in [1.165, 1.54) is 14.0 Å². The van der Waals surface area contributed by atoms with E-state index in [2.05, 4.69) is 49.8 Å². The molecule has 0 aromatic carbocycles. The third-order valence-electron chi connectivity index (χ3n) is 12.4. The molecule has 0 saturated carbocycles. The third kappa shape index (κ3) is 14.3. The van der Waals surface area contributed by atoms with Crippen LogP contribution in [0.3, 0.4) is 0 Å². The van der Waals surface area contributed by atoms with Gasteiger partial charge in [0, 0.05) is 24.9 Å². The summed E-state index contributed by atoms with van der Waals surface area (Å²) in [7, 11) is -9.29. The van der Waals surface area contributed by atoms with Gasteiger partial charge in [-0.2, -0.15) is 0 Å². The predicted octanol–water partition coefficient (Wildman–Crippen LogP) is 0.992. The Morgan fingerprint density at radius 3 is 1.55 bits per heavy atom. The van der Waals surface area contributed by atoms with E-state index >= 15 is 0 Å². The van der Waals surface area contributed by atoms with Gasteiger partial charge in [0.25, 0.3) is 0 Å². The highest BCUT2D eigenvalue weighted by Crippen LogP contribution is 2.43. The fraction of sp³-hybridized carbons (Fsp3) is 1.00. The van der Waals surface area contributed by atoms with E-state index in [0.717, 1.165) is 6.42 Å². The minimum atomic E-state index is -5.32. The molecule has 366 valence electrons. The number of hydrogen-bond acceptors (Lipinski definition) is 25. The molecule has 21 atom stereocenters. The van der Waals surface area contributed by atoms with Gasteiger partial charge >= 0.3 is 0 Å². The van der Waals surface area contributed by atoms with Crippen LogP contribution in [-0.2, 0) is 101 Å². The molecule has 4 saturated heterocycles. The van der Waals surface area contributed by atoms with Crippen LogP contribution < -0.4 is 5.26 Å². The van der Waals surface area contributed by atoms with Crippen molar-refractivity contribution in [3.63, 3.8) is 0 Å². The Hall–Kier alpha value is -0.360. The van der Waals surface area contributed by atoms with Crippen molar-refractivity contribution < 1.29 is 109 Å². The summed E-state index contributed by atoms with van der Waals surface area (Å²) >= 11 is -3.31. The molecule has 62 heavy (non-hydrogen) atoms. The van der Waals surface area contributed by atoms with Crippen molar-refractivity contribution in [1.29, 1.82) is 0 Å². The number of ether oxygens (including phenoxy) is 8. The monoisotopic (exact) mass is 978 g/mol. The maximum Gasteiger partial charge on any atom is 0.217 e. The van der Waals surface area contributed by atoms with E-state index in [-0.39, 0.29) is 54.3 Å². The molecular weight excluding hydrogens is 921 g/mol. The SMILES string of the molecule is CCC1O[C@@H](O[C@H]2C(CC)O[C@@H](C)C(C)[C@H]2C)C(C)[C@@H](C)[C@H]1O[C@H]1OC(COS(=O)(=O)[O-])[C@@H](O[C@H]2OC(COS(=O)(=O)[O-])[C@@H](OSOO[O-])C(C)C2OOS(=O)[O-])C(C)C1OC. The normalized spacial score (nSPS) is 42.7. The molecule has 0 aromatic rings. The number of rotatable bonds is 22. The van der Waals surface area contributed by atoms with Gasteiger partial charge < -0.3 is 56.8 Å². The molecule has 4 aliphatic heterocycles. The molecule has 0 amide bonds. The van der Waals surface area contributed by atoms with E-state index in [1.54, 1.807) is 6.92 Å². The molecule has 4 fully saturated rings. The molecule has 11 unspecified atom stereocenters. The average Bonchev–Trinajstić information content (AvgIpc) is 3.19. The fourth-order valence-corrected chi connectivity index (χ4v) is 9.66.